The van der Waals surface area contributed by atoms with Crippen LogP contribution in [0.4, 0.5) is 0 Å². The lowest BCUT2D eigenvalue weighted by molar-refractivity contribution is -0.306. The summed E-state index contributed by atoms with van der Waals surface area (Å²) < 4.78 is 0. The predicted octanol–water partition coefficient (Wildman–Crippen LogP) is 6.49. The van der Waals surface area contributed by atoms with Crippen LogP contribution in [0.15, 0.2) is 12.7 Å². The molecular formula is C19H39NO2. The molecule has 3 heteroatoms. The normalized spacial score (nSPS) is 11.2. The van der Waals surface area contributed by atoms with E-state index in [1.54, 1.807) is 0 Å². The van der Waals surface area contributed by atoms with Crippen molar-refractivity contribution in [3.63, 3.8) is 0 Å². The van der Waals surface area contributed by atoms with Gasteiger partial charge in [-0.3, -0.25) is 10.4 Å². The molecule has 2 N–H and O–H groups in total. The zero-order chi connectivity index (χ0) is 16.3. The number of hydroxylamine groups is 2. The highest BCUT2D eigenvalue weighted by atomic mass is 16.8. The van der Waals surface area contributed by atoms with Crippen molar-refractivity contribution in [2.24, 2.45) is 0 Å². The van der Waals surface area contributed by atoms with Crippen LogP contribution in [0.3, 0.4) is 0 Å². The van der Waals surface area contributed by atoms with Crippen LogP contribution in [0.1, 0.15) is 103 Å². The number of hydrogen-bond acceptors (Lipinski definition) is 3. The molecule has 0 bridgehead atoms. The van der Waals surface area contributed by atoms with Crippen molar-refractivity contribution < 1.29 is 10.4 Å². The van der Waals surface area contributed by atoms with Gasteiger partial charge in [-0.25, -0.2) is 0 Å². The molecule has 0 amide bonds. The van der Waals surface area contributed by atoms with E-state index in [1.165, 1.54) is 89.9 Å². The summed E-state index contributed by atoms with van der Waals surface area (Å²) in [6, 6.07) is 0. The lowest BCUT2D eigenvalue weighted by Gasteiger charge is -2.05. The van der Waals surface area contributed by atoms with Gasteiger partial charge in [0, 0.05) is 0 Å². The number of rotatable bonds is 18. The van der Waals surface area contributed by atoms with Gasteiger partial charge in [-0.2, -0.15) is 0 Å². The van der Waals surface area contributed by atoms with Crippen molar-refractivity contribution in [3.8, 4) is 0 Å². The standard InChI is InChI=1S/C19H39NO2/c1-2-3-4-5-6-7-8-9-10-11-12-13-14-15-16-17-18-19-20(21)22/h2,21-22H,1,3-19H2. The molecule has 22 heavy (non-hydrogen) atoms. The largest absolute Gasteiger partial charge is 0.290 e. The molecule has 0 aliphatic heterocycles. The summed E-state index contributed by atoms with van der Waals surface area (Å²) >= 11 is 0. The smallest absolute Gasteiger partial charge is 0.0512 e. The summed E-state index contributed by atoms with van der Waals surface area (Å²) in [6.07, 6.45) is 23.0. The summed E-state index contributed by atoms with van der Waals surface area (Å²) in [5.41, 5.74) is 0. The quantitative estimate of drug-likeness (QED) is 0.172. The summed E-state index contributed by atoms with van der Waals surface area (Å²) in [5.74, 6) is 0. The molecule has 0 radical (unpaired) electrons. The van der Waals surface area contributed by atoms with Gasteiger partial charge in [-0.05, 0) is 19.3 Å². The van der Waals surface area contributed by atoms with E-state index in [0.717, 1.165) is 12.8 Å². The van der Waals surface area contributed by atoms with Gasteiger partial charge in [0.2, 0.25) is 0 Å². The highest BCUT2D eigenvalue weighted by Gasteiger charge is 1.96. The molecule has 0 saturated carbocycles. The third kappa shape index (κ3) is 19.6. The van der Waals surface area contributed by atoms with Gasteiger partial charge in [-0.15, -0.1) is 6.58 Å². The van der Waals surface area contributed by atoms with E-state index in [1.807, 2.05) is 6.08 Å². The van der Waals surface area contributed by atoms with Gasteiger partial charge in [0.05, 0.1) is 6.54 Å². The molecule has 0 unspecified atom stereocenters. The van der Waals surface area contributed by atoms with Crippen LogP contribution in [-0.4, -0.2) is 22.2 Å². The van der Waals surface area contributed by atoms with Crippen LogP contribution in [0.25, 0.3) is 0 Å². The van der Waals surface area contributed by atoms with Crippen LogP contribution in [0.5, 0.6) is 0 Å². The maximum atomic E-state index is 8.56. The molecule has 0 aromatic rings. The Hall–Kier alpha value is -0.380. The van der Waals surface area contributed by atoms with Crippen molar-refractivity contribution in [2.45, 2.75) is 103 Å². The minimum atomic E-state index is 0.293. The second-order valence-electron chi connectivity index (χ2n) is 6.48. The van der Waals surface area contributed by atoms with Crippen LogP contribution < -0.4 is 0 Å². The number of hydrogen-bond donors (Lipinski definition) is 2. The minimum Gasteiger partial charge on any atom is -0.290 e. The highest BCUT2D eigenvalue weighted by Crippen LogP contribution is 2.13. The predicted molar refractivity (Wildman–Crippen MR) is 94.3 cm³/mol. The lowest BCUT2D eigenvalue weighted by atomic mass is 10.0. The van der Waals surface area contributed by atoms with Crippen LogP contribution in [-0.2, 0) is 0 Å². The Morgan fingerprint density at radius 3 is 1.18 bits per heavy atom. The molecule has 0 aromatic carbocycles. The topological polar surface area (TPSA) is 43.7 Å². The van der Waals surface area contributed by atoms with Gasteiger partial charge < -0.3 is 0 Å². The lowest BCUT2D eigenvalue weighted by Crippen LogP contribution is -2.14. The SMILES string of the molecule is C=CCCCCCCCCCCCCCCCCCN(O)O. The number of allylic oxidation sites excluding steroid dienone is 1. The van der Waals surface area contributed by atoms with Gasteiger partial charge >= 0.3 is 0 Å². The average Bonchev–Trinajstić information content (AvgIpc) is 2.50. The van der Waals surface area contributed by atoms with E-state index in [4.69, 9.17) is 10.4 Å². The van der Waals surface area contributed by atoms with Crippen molar-refractivity contribution in [1.29, 1.82) is 0 Å². The van der Waals surface area contributed by atoms with E-state index in [0.29, 0.717) is 11.8 Å². The second kappa shape index (κ2) is 18.7. The molecule has 0 rings (SSSR count). The van der Waals surface area contributed by atoms with Crippen molar-refractivity contribution in [1.82, 2.24) is 5.23 Å². The van der Waals surface area contributed by atoms with E-state index in [2.05, 4.69) is 6.58 Å². The monoisotopic (exact) mass is 313 g/mol. The van der Waals surface area contributed by atoms with E-state index >= 15 is 0 Å². The Bertz CT molecular complexity index is 219. The Morgan fingerprint density at radius 1 is 0.545 bits per heavy atom. The zero-order valence-corrected chi connectivity index (χ0v) is 14.6. The van der Waals surface area contributed by atoms with E-state index < -0.39 is 0 Å². The van der Waals surface area contributed by atoms with Crippen molar-refractivity contribution >= 4 is 0 Å². The molecule has 132 valence electrons. The molecule has 0 aliphatic carbocycles. The first kappa shape index (κ1) is 21.6. The molecule has 0 fully saturated rings. The molecule has 0 atom stereocenters. The average molecular weight is 314 g/mol. The second-order valence-corrected chi connectivity index (χ2v) is 6.48. The summed E-state index contributed by atoms with van der Waals surface area (Å²) in [7, 11) is 0. The summed E-state index contributed by atoms with van der Waals surface area (Å²) in [6.45, 7) is 4.12. The van der Waals surface area contributed by atoms with Gasteiger partial charge in [0.25, 0.3) is 0 Å². The van der Waals surface area contributed by atoms with Gasteiger partial charge in [0.1, 0.15) is 0 Å². The number of unbranched alkanes of at least 4 members (excludes halogenated alkanes) is 15. The number of nitrogens with zero attached hydrogens (tertiary/aromatic N) is 1. The molecule has 0 spiro atoms. The van der Waals surface area contributed by atoms with Crippen molar-refractivity contribution in [2.75, 3.05) is 6.54 Å². The third-order valence-corrected chi connectivity index (χ3v) is 4.27. The molecular weight excluding hydrogens is 274 g/mol. The van der Waals surface area contributed by atoms with Gasteiger partial charge in [0.15, 0.2) is 0 Å². The fourth-order valence-corrected chi connectivity index (χ4v) is 2.84. The minimum absolute atomic E-state index is 0.293. The maximum absolute atomic E-state index is 8.56. The fourth-order valence-electron chi connectivity index (χ4n) is 2.84. The molecule has 0 heterocycles. The highest BCUT2D eigenvalue weighted by molar-refractivity contribution is 4.65. The first-order valence-corrected chi connectivity index (χ1v) is 9.53. The third-order valence-electron chi connectivity index (χ3n) is 4.27. The fraction of sp³-hybridized carbons (Fsp3) is 0.895. The molecule has 3 nitrogen and oxygen atoms in total. The Kier molecular flexibility index (Phi) is 18.3. The Labute approximate surface area is 138 Å². The maximum Gasteiger partial charge on any atom is 0.0512 e. The zero-order valence-electron chi connectivity index (χ0n) is 14.6. The Morgan fingerprint density at radius 2 is 0.864 bits per heavy atom. The van der Waals surface area contributed by atoms with E-state index in [-0.39, 0.29) is 0 Å². The first-order valence-electron chi connectivity index (χ1n) is 9.53. The van der Waals surface area contributed by atoms with Gasteiger partial charge in [-0.1, -0.05) is 94.8 Å². The van der Waals surface area contributed by atoms with Crippen LogP contribution >= 0.6 is 0 Å². The first-order chi connectivity index (χ1) is 10.8. The molecule has 0 aliphatic rings. The molecule has 0 saturated heterocycles. The van der Waals surface area contributed by atoms with Crippen LogP contribution in [0, 0.1) is 0 Å². The summed E-state index contributed by atoms with van der Waals surface area (Å²) in [4.78, 5) is 0. The van der Waals surface area contributed by atoms with Crippen LogP contribution in [0.2, 0.25) is 0 Å². The van der Waals surface area contributed by atoms with Crippen molar-refractivity contribution in [3.05, 3.63) is 12.7 Å². The Balaban J connectivity index is 2.95. The summed E-state index contributed by atoms with van der Waals surface area (Å²) in [5, 5.41) is 17.4. The molecule has 0 aromatic heterocycles. The van der Waals surface area contributed by atoms with E-state index in [9.17, 15) is 0 Å².